The predicted octanol–water partition coefficient (Wildman–Crippen LogP) is -1.79. The molecule has 1 aliphatic heterocycles. The molecule has 0 aromatic carbocycles. The highest BCUT2D eigenvalue weighted by Gasteiger charge is 2.37. The molecule has 0 amide bonds. The summed E-state index contributed by atoms with van der Waals surface area (Å²) in [5.41, 5.74) is 0. The van der Waals surface area contributed by atoms with E-state index in [9.17, 15) is 19.8 Å². The molecule has 15 heavy (non-hydrogen) atoms. The van der Waals surface area contributed by atoms with Crippen LogP contribution in [0, 0.1) is 0 Å². The number of carbonyl (C=O) groups is 2. The van der Waals surface area contributed by atoms with Gasteiger partial charge >= 0.3 is 0 Å². The fourth-order valence-corrected chi connectivity index (χ4v) is 1.31. The smallest absolute Gasteiger partial charge is 0.180 e. The summed E-state index contributed by atoms with van der Waals surface area (Å²) in [5, 5.41) is 19.6. The van der Waals surface area contributed by atoms with Crippen LogP contribution in [-0.4, -0.2) is 41.5 Å². The second kappa shape index (κ2) is 4.26. The summed E-state index contributed by atoms with van der Waals surface area (Å²) in [5.74, 6) is -3.75. The predicted molar refractivity (Wildman–Crippen MR) is 45.5 cm³/mol. The molecular weight excluding hydrogens is 204 g/mol. The van der Waals surface area contributed by atoms with E-state index in [-0.39, 0.29) is 6.61 Å². The Morgan fingerprint density at radius 3 is 2.60 bits per heavy atom. The van der Waals surface area contributed by atoms with Crippen LogP contribution in [0.4, 0.5) is 0 Å². The van der Waals surface area contributed by atoms with Gasteiger partial charge in [0.2, 0.25) is 0 Å². The summed E-state index contributed by atoms with van der Waals surface area (Å²) in [6.07, 6.45) is -2.38. The number of carboxylic acid groups (broad SMARTS) is 1. The van der Waals surface area contributed by atoms with Gasteiger partial charge in [-0.05, 0) is 13.8 Å². The van der Waals surface area contributed by atoms with E-state index in [1.54, 1.807) is 13.8 Å². The molecule has 1 N–H and O–H groups in total. The maximum atomic E-state index is 10.8. The van der Waals surface area contributed by atoms with E-state index in [2.05, 4.69) is 0 Å². The van der Waals surface area contributed by atoms with Crippen LogP contribution in [0.25, 0.3) is 0 Å². The summed E-state index contributed by atoms with van der Waals surface area (Å²) in [7, 11) is 0. The number of aliphatic hydroxyl groups is 1. The van der Waals surface area contributed by atoms with Gasteiger partial charge in [-0.25, -0.2) is 0 Å². The molecule has 1 aliphatic rings. The third-order valence-corrected chi connectivity index (χ3v) is 2.08. The number of hydrogen-bond donors (Lipinski definition) is 1. The van der Waals surface area contributed by atoms with E-state index in [1.165, 1.54) is 0 Å². The zero-order valence-electron chi connectivity index (χ0n) is 8.56. The molecule has 6 heteroatoms. The number of ether oxygens (including phenoxy) is 2. The monoisotopic (exact) mass is 217 g/mol. The Bertz CT molecular complexity index is 272. The second-order valence-corrected chi connectivity index (χ2v) is 3.85. The highest BCUT2D eigenvalue weighted by molar-refractivity contribution is 6.31. The Hall–Kier alpha value is -0.980. The van der Waals surface area contributed by atoms with Crippen molar-refractivity contribution < 1.29 is 29.3 Å². The lowest BCUT2D eigenvalue weighted by Gasteiger charge is -2.20. The van der Waals surface area contributed by atoms with Crippen molar-refractivity contribution in [1.29, 1.82) is 0 Å². The molecule has 6 nitrogen and oxygen atoms in total. The van der Waals surface area contributed by atoms with Crippen molar-refractivity contribution in [3.63, 3.8) is 0 Å². The second-order valence-electron chi connectivity index (χ2n) is 3.85. The standard InChI is InChI=1S/C9H14O6/c1-9(2)14-4-7(15-9)5(10)3-6(11)8(12)13/h5,7,10H,3-4H2,1-2H3,(H,12,13)/p-1/t5-,7-/m0/s1. The van der Waals surface area contributed by atoms with Crippen molar-refractivity contribution in [2.45, 2.75) is 38.3 Å². The average molecular weight is 217 g/mol. The van der Waals surface area contributed by atoms with Gasteiger partial charge in [0.25, 0.3) is 0 Å². The highest BCUT2D eigenvalue weighted by Crippen LogP contribution is 2.25. The van der Waals surface area contributed by atoms with Crippen LogP contribution in [0.5, 0.6) is 0 Å². The number of aliphatic hydroxyl groups excluding tert-OH is 1. The molecule has 1 fully saturated rings. The molecule has 0 bridgehead atoms. The third-order valence-electron chi connectivity index (χ3n) is 2.08. The van der Waals surface area contributed by atoms with E-state index in [4.69, 9.17) is 9.47 Å². The first-order valence-corrected chi connectivity index (χ1v) is 4.56. The van der Waals surface area contributed by atoms with Crippen molar-refractivity contribution in [2.75, 3.05) is 6.61 Å². The summed E-state index contributed by atoms with van der Waals surface area (Å²) < 4.78 is 10.4. The molecule has 0 aromatic heterocycles. The Kier molecular flexibility index (Phi) is 3.43. The van der Waals surface area contributed by atoms with Gasteiger partial charge < -0.3 is 24.5 Å². The van der Waals surface area contributed by atoms with Crippen molar-refractivity contribution in [2.24, 2.45) is 0 Å². The van der Waals surface area contributed by atoms with Crippen LogP contribution < -0.4 is 5.11 Å². The van der Waals surface area contributed by atoms with Gasteiger partial charge in [0.15, 0.2) is 11.6 Å². The Labute approximate surface area is 86.8 Å². The van der Waals surface area contributed by atoms with Crippen LogP contribution in [0.3, 0.4) is 0 Å². The minimum absolute atomic E-state index is 0.133. The fraction of sp³-hybridized carbons (Fsp3) is 0.778. The molecule has 0 aliphatic carbocycles. The van der Waals surface area contributed by atoms with Crippen LogP contribution in [0.15, 0.2) is 0 Å². The molecule has 1 saturated heterocycles. The van der Waals surface area contributed by atoms with Crippen LogP contribution in [0.1, 0.15) is 20.3 Å². The molecule has 0 radical (unpaired) electrons. The zero-order chi connectivity index (χ0) is 11.6. The zero-order valence-corrected chi connectivity index (χ0v) is 8.56. The van der Waals surface area contributed by atoms with Crippen LogP contribution in [-0.2, 0) is 19.1 Å². The average Bonchev–Trinajstić information content (AvgIpc) is 2.45. The highest BCUT2D eigenvalue weighted by atomic mass is 16.7. The van der Waals surface area contributed by atoms with Crippen molar-refractivity contribution in [3.8, 4) is 0 Å². The fourth-order valence-electron chi connectivity index (χ4n) is 1.31. The van der Waals surface area contributed by atoms with Gasteiger partial charge in [-0.3, -0.25) is 4.79 Å². The minimum atomic E-state index is -1.80. The molecule has 0 aromatic rings. The molecule has 0 spiro atoms. The quantitative estimate of drug-likeness (QED) is 0.558. The normalized spacial score (nSPS) is 26.2. The lowest BCUT2D eigenvalue weighted by Crippen LogP contribution is -2.38. The number of hydrogen-bond acceptors (Lipinski definition) is 6. The lowest BCUT2D eigenvalue weighted by molar-refractivity contribution is -0.300. The van der Waals surface area contributed by atoms with Gasteiger partial charge in [0.1, 0.15) is 12.1 Å². The third kappa shape index (κ3) is 3.26. The largest absolute Gasteiger partial charge is 0.542 e. The molecule has 1 heterocycles. The number of carbonyl (C=O) groups excluding carboxylic acids is 2. The van der Waals surface area contributed by atoms with Crippen molar-refractivity contribution in [3.05, 3.63) is 0 Å². The first-order chi connectivity index (χ1) is 6.82. The molecule has 2 atom stereocenters. The first kappa shape index (κ1) is 12.1. The number of carboxylic acids is 1. The summed E-state index contributed by atoms with van der Waals surface area (Å²) in [6, 6.07) is 0. The number of ketones is 1. The SMILES string of the molecule is CC1(C)OC[C@@H]([C@@H](O)CC(=O)C(=O)[O-])O1. The Balaban J connectivity index is 2.45. The molecular formula is C9H13O6-. The van der Waals surface area contributed by atoms with E-state index < -0.39 is 36.2 Å². The van der Waals surface area contributed by atoms with Gasteiger partial charge in [-0.15, -0.1) is 0 Å². The van der Waals surface area contributed by atoms with Gasteiger partial charge in [-0.1, -0.05) is 0 Å². The topological polar surface area (TPSA) is 95.9 Å². The summed E-state index contributed by atoms with van der Waals surface area (Å²) in [6.45, 7) is 3.47. The van der Waals surface area contributed by atoms with Crippen molar-refractivity contribution >= 4 is 11.8 Å². The van der Waals surface area contributed by atoms with E-state index in [1.807, 2.05) is 0 Å². The van der Waals surface area contributed by atoms with Gasteiger partial charge in [-0.2, -0.15) is 0 Å². The lowest BCUT2D eigenvalue weighted by atomic mass is 10.1. The number of aliphatic carboxylic acids is 1. The van der Waals surface area contributed by atoms with Crippen LogP contribution in [0.2, 0.25) is 0 Å². The maximum Gasteiger partial charge on any atom is 0.180 e. The molecule has 86 valence electrons. The number of Topliss-reactive ketones (excluding diaryl/α,β-unsaturated/α-hetero) is 1. The molecule has 0 saturated carbocycles. The van der Waals surface area contributed by atoms with E-state index in [0.717, 1.165) is 0 Å². The molecule has 1 rings (SSSR count). The van der Waals surface area contributed by atoms with Crippen LogP contribution >= 0.6 is 0 Å². The van der Waals surface area contributed by atoms with E-state index in [0.29, 0.717) is 0 Å². The summed E-state index contributed by atoms with van der Waals surface area (Å²) >= 11 is 0. The van der Waals surface area contributed by atoms with Crippen molar-refractivity contribution in [1.82, 2.24) is 0 Å². The van der Waals surface area contributed by atoms with Gasteiger partial charge in [0.05, 0.1) is 12.7 Å². The maximum absolute atomic E-state index is 10.8. The number of rotatable bonds is 4. The van der Waals surface area contributed by atoms with Gasteiger partial charge in [0, 0.05) is 6.42 Å². The van der Waals surface area contributed by atoms with E-state index >= 15 is 0 Å². The molecule has 0 unspecified atom stereocenters. The first-order valence-electron chi connectivity index (χ1n) is 4.56. The Morgan fingerprint density at radius 2 is 2.20 bits per heavy atom. The minimum Gasteiger partial charge on any atom is -0.542 e. The summed E-state index contributed by atoms with van der Waals surface area (Å²) in [4.78, 5) is 20.9. The Morgan fingerprint density at radius 1 is 1.60 bits per heavy atom.